The molecule has 0 spiro atoms. The number of likely N-dealkylation sites (tertiary alicyclic amines) is 1. The normalized spacial score (nSPS) is 22.7. The van der Waals surface area contributed by atoms with Crippen molar-refractivity contribution < 1.29 is 5.11 Å². The summed E-state index contributed by atoms with van der Waals surface area (Å²) >= 11 is 0. The highest BCUT2D eigenvalue weighted by molar-refractivity contribution is 5.94. The lowest BCUT2D eigenvalue weighted by Crippen LogP contribution is -2.30. The summed E-state index contributed by atoms with van der Waals surface area (Å²) in [5.41, 5.74) is 4.87. The van der Waals surface area contributed by atoms with E-state index in [1.165, 1.54) is 49.0 Å². The van der Waals surface area contributed by atoms with Crippen LogP contribution in [0.15, 0.2) is 36.7 Å². The van der Waals surface area contributed by atoms with Gasteiger partial charge in [0.2, 0.25) is 5.95 Å². The number of aliphatic hydroxyl groups is 1. The van der Waals surface area contributed by atoms with Crippen molar-refractivity contribution in [3.8, 4) is 11.1 Å². The van der Waals surface area contributed by atoms with Gasteiger partial charge in [0.1, 0.15) is 5.65 Å². The molecule has 1 aliphatic heterocycles. The van der Waals surface area contributed by atoms with Gasteiger partial charge in [-0.3, -0.25) is 0 Å². The molecule has 6 heteroatoms. The second kappa shape index (κ2) is 11.3. The molecule has 1 aromatic carbocycles. The molecule has 3 heterocycles. The lowest BCUT2D eigenvalue weighted by Gasteiger charge is -2.29. The third kappa shape index (κ3) is 5.76. The third-order valence-corrected chi connectivity index (χ3v) is 8.36. The SMILES string of the molecule is CCCC(C)Nc1ncc2c(-c3ccc(CC4CCN(C)CC4)cc3)cn(C3CCC(O)CC3)c2n1. The Morgan fingerprint density at radius 1 is 1.06 bits per heavy atom. The number of aliphatic hydroxyl groups excluding tert-OH is 1. The van der Waals surface area contributed by atoms with Gasteiger partial charge in [-0.25, -0.2) is 4.98 Å². The van der Waals surface area contributed by atoms with Crippen molar-refractivity contribution >= 4 is 17.0 Å². The zero-order valence-electron chi connectivity index (χ0n) is 22.3. The van der Waals surface area contributed by atoms with E-state index in [9.17, 15) is 5.11 Å². The second-order valence-corrected chi connectivity index (χ2v) is 11.3. The van der Waals surface area contributed by atoms with Gasteiger partial charge in [-0.05, 0) is 95.5 Å². The zero-order valence-corrected chi connectivity index (χ0v) is 22.3. The lowest BCUT2D eigenvalue weighted by atomic mass is 9.90. The van der Waals surface area contributed by atoms with E-state index in [1.807, 2.05) is 6.20 Å². The molecule has 2 aromatic heterocycles. The van der Waals surface area contributed by atoms with Crippen LogP contribution in [0.1, 0.15) is 76.8 Å². The molecule has 2 N–H and O–H groups in total. The minimum Gasteiger partial charge on any atom is -0.393 e. The average Bonchev–Trinajstić information content (AvgIpc) is 3.25. The molecule has 6 nitrogen and oxygen atoms in total. The summed E-state index contributed by atoms with van der Waals surface area (Å²) in [6, 6.07) is 9.91. The first kappa shape index (κ1) is 25.2. The molecule has 0 radical (unpaired) electrons. The molecule has 36 heavy (non-hydrogen) atoms. The number of hydrogen-bond acceptors (Lipinski definition) is 5. The van der Waals surface area contributed by atoms with E-state index < -0.39 is 0 Å². The Labute approximate surface area is 216 Å². The maximum atomic E-state index is 10.1. The first-order chi connectivity index (χ1) is 17.5. The van der Waals surface area contributed by atoms with E-state index in [4.69, 9.17) is 9.97 Å². The summed E-state index contributed by atoms with van der Waals surface area (Å²) in [5.74, 6) is 1.50. The molecule has 1 unspecified atom stereocenters. The van der Waals surface area contributed by atoms with Crippen LogP contribution in [0.2, 0.25) is 0 Å². The van der Waals surface area contributed by atoms with E-state index in [0.717, 1.165) is 55.5 Å². The van der Waals surface area contributed by atoms with Gasteiger partial charge in [-0.1, -0.05) is 37.6 Å². The Morgan fingerprint density at radius 2 is 1.78 bits per heavy atom. The van der Waals surface area contributed by atoms with Gasteiger partial charge >= 0.3 is 0 Å². The van der Waals surface area contributed by atoms with Crippen molar-refractivity contribution in [1.82, 2.24) is 19.4 Å². The molecule has 2 aliphatic rings. The standard InChI is InChI=1S/C30H43N5O/c1-4-5-21(2)32-30-31-19-27-28(20-35(29(27)33-30)25-10-12-26(36)13-11-25)24-8-6-22(7-9-24)18-23-14-16-34(3)17-15-23/h6-9,19-21,23,25-26,36H,4-5,10-18H2,1-3H3,(H,31,32,33). The van der Waals surface area contributed by atoms with Crippen molar-refractivity contribution in [3.05, 3.63) is 42.2 Å². The smallest absolute Gasteiger partial charge is 0.224 e. The Bertz CT molecular complexity index is 1120. The second-order valence-electron chi connectivity index (χ2n) is 11.3. The van der Waals surface area contributed by atoms with Crippen LogP contribution in [-0.2, 0) is 6.42 Å². The quantitative estimate of drug-likeness (QED) is 0.403. The molecular formula is C30H43N5O. The van der Waals surface area contributed by atoms with Gasteiger partial charge in [-0.15, -0.1) is 0 Å². The van der Waals surface area contributed by atoms with Crippen LogP contribution in [0, 0.1) is 5.92 Å². The fourth-order valence-electron chi connectivity index (χ4n) is 6.09. The Balaban J connectivity index is 1.42. The predicted molar refractivity (Wildman–Crippen MR) is 148 cm³/mol. The summed E-state index contributed by atoms with van der Waals surface area (Å²) < 4.78 is 2.36. The van der Waals surface area contributed by atoms with Crippen LogP contribution in [0.25, 0.3) is 22.2 Å². The molecule has 5 rings (SSSR count). The maximum absolute atomic E-state index is 10.1. The Kier molecular flexibility index (Phi) is 7.92. The molecule has 1 atom stereocenters. The molecule has 0 bridgehead atoms. The average molecular weight is 490 g/mol. The summed E-state index contributed by atoms with van der Waals surface area (Å²) in [6.07, 6.45) is 13.8. The van der Waals surface area contributed by atoms with Crippen molar-refractivity contribution in [3.63, 3.8) is 0 Å². The van der Waals surface area contributed by atoms with Crippen LogP contribution in [0.4, 0.5) is 5.95 Å². The van der Waals surface area contributed by atoms with Crippen LogP contribution < -0.4 is 5.32 Å². The van der Waals surface area contributed by atoms with Crippen LogP contribution >= 0.6 is 0 Å². The highest BCUT2D eigenvalue weighted by Gasteiger charge is 2.24. The molecule has 1 saturated carbocycles. The summed E-state index contributed by atoms with van der Waals surface area (Å²) in [5, 5.41) is 14.7. The fraction of sp³-hybridized carbons (Fsp3) is 0.600. The molecule has 3 aromatic rings. The van der Waals surface area contributed by atoms with Gasteiger partial charge in [-0.2, -0.15) is 4.98 Å². The number of nitrogens with one attached hydrogen (secondary N) is 1. The molecular weight excluding hydrogens is 446 g/mol. The lowest BCUT2D eigenvalue weighted by molar-refractivity contribution is 0.111. The largest absolute Gasteiger partial charge is 0.393 e. The number of anilines is 1. The van der Waals surface area contributed by atoms with E-state index in [2.05, 4.69) is 66.1 Å². The van der Waals surface area contributed by atoms with Crippen LogP contribution in [-0.4, -0.2) is 56.8 Å². The number of nitrogens with zero attached hydrogens (tertiary/aromatic N) is 4. The number of fused-ring (bicyclic) bond motifs is 1. The first-order valence-corrected chi connectivity index (χ1v) is 14.1. The third-order valence-electron chi connectivity index (χ3n) is 8.36. The summed E-state index contributed by atoms with van der Waals surface area (Å²) in [4.78, 5) is 12.2. The minimum atomic E-state index is -0.165. The number of benzene rings is 1. The van der Waals surface area contributed by atoms with Crippen molar-refractivity contribution in [2.75, 3.05) is 25.5 Å². The van der Waals surface area contributed by atoms with Crippen molar-refractivity contribution in [2.24, 2.45) is 5.92 Å². The van der Waals surface area contributed by atoms with E-state index in [0.29, 0.717) is 18.0 Å². The number of aromatic nitrogens is 3. The summed E-state index contributed by atoms with van der Waals surface area (Å²) in [7, 11) is 2.23. The number of piperidine rings is 1. The minimum absolute atomic E-state index is 0.165. The van der Waals surface area contributed by atoms with Crippen molar-refractivity contribution in [1.29, 1.82) is 0 Å². The summed E-state index contributed by atoms with van der Waals surface area (Å²) in [6.45, 7) is 6.83. The van der Waals surface area contributed by atoms with E-state index >= 15 is 0 Å². The van der Waals surface area contributed by atoms with Gasteiger partial charge < -0.3 is 19.9 Å². The monoisotopic (exact) mass is 489 g/mol. The fourth-order valence-corrected chi connectivity index (χ4v) is 6.09. The number of rotatable bonds is 8. The highest BCUT2D eigenvalue weighted by Crippen LogP contribution is 2.37. The van der Waals surface area contributed by atoms with Gasteiger partial charge in [0.15, 0.2) is 0 Å². The predicted octanol–water partition coefficient (Wildman–Crippen LogP) is 6.06. The highest BCUT2D eigenvalue weighted by atomic mass is 16.3. The zero-order chi connectivity index (χ0) is 25.1. The van der Waals surface area contributed by atoms with Crippen molar-refractivity contribution in [2.45, 2.75) is 89.8 Å². The van der Waals surface area contributed by atoms with Crippen LogP contribution in [0.3, 0.4) is 0 Å². The Hall–Kier alpha value is -2.44. The molecule has 0 amide bonds. The topological polar surface area (TPSA) is 66.2 Å². The first-order valence-electron chi connectivity index (χ1n) is 14.1. The van der Waals surface area contributed by atoms with E-state index in [-0.39, 0.29) is 6.10 Å². The van der Waals surface area contributed by atoms with E-state index in [1.54, 1.807) is 0 Å². The van der Waals surface area contributed by atoms with Gasteiger partial charge in [0, 0.05) is 35.4 Å². The Morgan fingerprint density at radius 3 is 2.47 bits per heavy atom. The van der Waals surface area contributed by atoms with Gasteiger partial charge in [0.25, 0.3) is 0 Å². The molecule has 194 valence electrons. The maximum Gasteiger partial charge on any atom is 0.224 e. The molecule has 1 aliphatic carbocycles. The number of hydrogen-bond donors (Lipinski definition) is 2. The molecule has 1 saturated heterocycles. The van der Waals surface area contributed by atoms with Crippen LogP contribution in [0.5, 0.6) is 0 Å². The molecule has 2 fully saturated rings. The van der Waals surface area contributed by atoms with Gasteiger partial charge in [0.05, 0.1) is 6.10 Å².